The van der Waals surface area contributed by atoms with Crippen LogP contribution >= 0.6 is 0 Å². The lowest BCUT2D eigenvalue weighted by molar-refractivity contribution is 0.0392. The third kappa shape index (κ3) is 12.9. The molecule has 90 valence electrons. The van der Waals surface area contributed by atoms with Gasteiger partial charge in [-0.1, -0.05) is 0 Å². The Labute approximate surface area is 87.2 Å². The molecule has 0 aromatic heterocycles. The Hall–Kier alpha value is -1.10. The first-order valence-electron chi connectivity index (χ1n) is 3.91. The summed E-state index contributed by atoms with van der Waals surface area (Å²) >= 11 is 0. The Bertz CT molecular complexity index is 285. The van der Waals surface area contributed by atoms with E-state index in [0.717, 1.165) is 13.1 Å². The van der Waals surface area contributed by atoms with Gasteiger partial charge in [0.2, 0.25) is 5.96 Å². The van der Waals surface area contributed by atoms with Crippen molar-refractivity contribution in [3.8, 4) is 0 Å². The summed E-state index contributed by atoms with van der Waals surface area (Å²) < 4.78 is 36.7. The molecule has 1 saturated heterocycles. The number of ether oxygens (including phenoxy) is 1. The van der Waals surface area contributed by atoms with Crippen molar-refractivity contribution >= 4 is 16.4 Å². The molecule has 0 aliphatic carbocycles. The maximum Gasteiger partial charge on any atom is 0.394 e. The average molecular weight is 242 g/mol. The van der Waals surface area contributed by atoms with Gasteiger partial charge in [0.1, 0.15) is 0 Å². The van der Waals surface area contributed by atoms with E-state index in [-0.39, 0.29) is 5.96 Å². The second kappa shape index (κ2) is 6.40. The number of hydrogen-bond donors (Lipinski definition) is 4. The summed E-state index contributed by atoms with van der Waals surface area (Å²) in [6.45, 7) is 2.96. The van der Waals surface area contributed by atoms with Crippen LogP contribution in [-0.2, 0) is 15.1 Å². The molecular weight excluding hydrogens is 228 g/mol. The summed E-state index contributed by atoms with van der Waals surface area (Å²) in [5, 5.41) is 5.67. The van der Waals surface area contributed by atoms with E-state index < -0.39 is 10.4 Å². The molecule has 10 heteroatoms. The van der Waals surface area contributed by atoms with E-state index in [9.17, 15) is 0 Å². The Morgan fingerprint density at radius 2 is 1.67 bits per heavy atom. The highest BCUT2D eigenvalue weighted by Crippen LogP contribution is 1.95. The zero-order valence-electron chi connectivity index (χ0n) is 7.90. The van der Waals surface area contributed by atoms with Crippen molar-refractivity contribution in [2.75, 3.05) is 26.3 Å². The van der Waals surface area contributed by atoms with Crippen LogP contribution < -0.4 is 11.5 Å². The molecule has 0 amide bonds. The Kier molecular flexibility index (Phi) is 5.93. The molecule has 1 aliphatic rings. The Balaban J connectivity index is 0.000000336. The van der Waals surface area contributed by atoms with E-state index in [1.165, 1.54) is 0 Å². The van der Waals surface area contributed by atoms with Crippen LogP contribution in [0.2, 0.25) is 0 Å². The van der Waals surface area contributed by atoms with Gasteiger partial charge in [0, 0.05) is 0 Å². The number of guanidine groups is 1. The fraction of sp³-hybridized carbons (Fsp3) is 0.800. The molecule has 0 bridgehead atoms. The van der Waals surface area contributed by atoms with E-state index >= 15 is 0 Å². The Morgan fingerprint density at radius 3 is 2.00 bits per heavy atom. The zero-order chi connectivity index (χ0) is 11.9. The van der Waals surface area contributed by atoms with Gasteiger partial charge in [-0.2, -0.15) is 8.42 Å². The molecule has 15 heavy (non-hydrogen) atoms. The van der Waals surface area contributed by atoms with Crippen LogP contribution in [0.3, 0.4) is 0 Å². The van der Waals surface area contributed by atoms with Crippen molar-refractivity contribution < 1.29 is 22.3 Å². The first-order valence-corrected chi connectivity index (χ1v) is 5.31. The van der Waals surface area contributed by atoms with Crippen molar-refractivity contribution in [2.45, 2.75) is 0 Å². The predicted octanol–water partition coefficient (Wildman–Crippen LogP) is -2.15. The van der Waals surface area contributed by atoms with Crippen LogP contribution in [0.25, 0.3) is 0 Å². The number of rotatable bonds is 1. The molecule has 1 rings (SSSR count). The minimum Gasteiger partial charge on any atom is -0.378 e. The summed E-state index contributed by atoms with van der Waals surface area (Å²) in [7, 11) is -4.67. The maximum atomic E-state index is 8.74. The number of nitrogens with zero attached hydrogens (tertiary/aromatic N) is 2. The van der Waals surface area contributed by atoms with Crippen LogP contribution in [0.4, 0.5) is 0 Å². The number of hydrogen-bond acceptors (Lipinski definition) is 5. The Morgan fingerprint density at radius 1 is 1.27 bits per heavy atom. The van der Waals surface area contributed by atoms with Gasteiger partial charge in [-0.25, -0.2) is 0 Å². The van der Waals surface area contributed by atoms with Gasteiger partial charge in [-0.05, 0) is 0 Å². The van der Waals surface area contributed by atoms with Crippen LogP contribution in [0.15, 0.2) is 5.10 Å². The highest BCUT2D eigenvalue weighted by Gasteiger charge is 2.06. The topological polar surface area (TPSA) is 151 Å². The van der Waals surface area contributed by atoms with Crippen LogP contribution in [0, 0.1) is 0 Å². The lowest BCUT2D eigenvalue weighted by Crippen LogP contribution is -2.36. The molecule has 0 unspecified atom stereocenters. The molecule has 0 spiro atoms. The van der Waals surface area contributed by atoms with Crippen molar-refractivity contribution in [2.24, 2.45) is 16.6 Å². The van der Waals surface area contributed by atoms with Gasteiger partial charge in [-0.3, -0.25) is 14.1 Å². The summed E-state index contributed by atoms with van der Waals surface area (Å²) in [6, 6.07) is 0. The van der Waals surface area contributed by atoms with Gasteiger partial charge in [0.15, 0.2) is 0 Å². The second-order valence-electron chi connectivity index (χ2n) is 2.54. The van der Waals surface area contributed by atoms with E-state index in [4.69, 9.17) is 33.7 Å². The SMILES string of the molecule is NC(N)=NN1CCOCC1.O=S(=O)(O)O. The molecule has 0 atom stereocenters. The summed E-state index contributed by atoms with van der Waals surface area (Å²) in [6.07, 6.45) is 0. The third-order valence-corrected chi connectivity index (χ3v) is 1.24. The molecule has 1 fully saturated rings. The second-order valence-corrected chi connectivity index (χ2v) is 3.43. The minimum atomic E-state index is -4.67. The highest BCUT2D eigenvalue weighted by molar-refractivity contribution is 7.79. The molecule has 1 heterocycles. The molecule has 0 aromatic carbocycles. The summed E-state index contributed by atoms with van der Waals surface area (Å²) in [4.78, 5) is 0. The molecule has 0 radical (unpaired) electrons. The normalized spacial score (nSPS) is 16.3. The van der Waals surface area contributed by atoms with Crippen molar-refractivity contribution in [1.82, 2.24) is 5.01 Å². The number of nitrogens with two attached hydrogens (primary N) is 2. The molecule has 1 aliphatic heterocycles. The van der Waals surface area contributed by atoms with Crippen LogP contribution in [0.1, 0.15) is 0 Å². The first-order chi connectivity index (χ1) is 6.79. The first kappa shape index (κ1) is 13.9. The quantitative estimate of drug-likeness (QED) is 0.231. The van der Waals surface area contributed by atoms with Gasteiger partial charge < -0.3 is 16.2 Å². The van der Waals surface area contributed by atoms with Crippen molar-refractivity contribution in [3.63, 3.8) is 0 Å². The highest BCUT2D eigenvalue weighted by atomic mass is 32.3. The molecule has 0 aromatic rings. The fourth-order valence-corrected chi connectivity index (χ4v) is 0.817. The number of morpholine rings is 1. The monoisotopic (exact) mass is 242 g/mol. The average Bonchev–Trinajstić information content (AvgIpc) is 2.01. The maximum absolute atomic E-state index is 8.74. The zero-order valence-corrected chi connectivity index (χ0v) is 8.72. The predicted molar refractivity (Wildman–Crippen MR) is 52.4 cm³/mol. The molecular formula is C5H14N4O5S. The molecule has 9 nitrogen and oxygen atoms in total. The van der Waals surface area contributed by atoms with Gasteiger partial charge >= 0.3 is 10.4 Å². The van der Waals surface area contributed by atoms with Gasteiger partial charge in [0.25, 0.3) is 0 Å². The summed E-state index contributed by atoms with van der Waals surface area (Å²) in [5.74, 6) is 0.113. The van der Waals surface area contributed by atoms with Crippen molar-refractivity contribution in [1.29, 1.82) is 0 Å². The third-order valence-electron chi connectivity index (χ3n) is 1.24. The lowest BCUT2D eigenvalue weighted by Gasteiger charge is -2.23. The van der Waals surface area contributed by atoms with Crippen molar-refractivity contribution in [3.05, 3.63) is 0 Å². The number of hydrazone groups is 1. The fourth-order valence-electron chi connectivity index (χ4n) is 0.817. The van der Waals surface area contributed by atoms with E-state index in [1.807, 2.05) is 0 Å². The van der Waals surface area contributed by atoms with Gasteiger partial charge in [-0.15, -0.1) is 5.10 Å². The smallest absolute Gasteiger partial charge is 0.378 e. The lowest BCUT2D eigenvalue weighted by atomic mass is 10.5. The van der Waals surface area contributed by atoms with E-state index in [2.05, 4.69) is 5.10 Å². The van der Waals surface area contributed by atoms with Gasteiger partial charge in [0.05, 0.1) is 26.3 Å². The standard InChI is InChI=1S/C5H12N4O.H2O4S/c6-5(7)8-9-1-3-10-4-2-9;1-5(2,3)4/h1-4H2,(H4,6,7,8);(H2,1,2,3,4). The minimum absolute atomic E-state index is 0.113. The molecule has 6 N–H and O–H groups in total. The molecule has 0 saturated carbocycles. The van der Waals surface area contributed by atoms with E-state index in [1.54, 1.807) is 5.01 Å². The van der Waals surface area contributed by atoms with Crippen LogP contribution in [-0.4, -0.2) is 54.8 Å². The summed E-state index contributed by atoms with van der Waals surface area (Å²) in [5.41, 5.74) is 10.3. The van der Waals surface area contributed by atoms with Crippen LogP contribution in [0.5, 0.6) is 0 Å². The van der Waals surface area contributed by atoms with E-state index in [0.29, 0.717) is 13.2 Å². The largest absolute Gasteiger partial charge is 0.394 e.